The highest BCUT2D eigenvalue weighted by atomic mass is 16.5. The number of aliphatic carboxylic acids is 1. The van der Waals surface area contributed by atoms with Gasteiger partial charge < -0.3 is 20.3 Å². The molecule has 6 heteroatoms. The third-order valence-electron chi connectivity index (χ3n) is 6.28. The lowest BCUT2D eigenvalue weighted by Gasteiger charge is -2.31. The number of nitrogens with one attached hydrogen (secondary N) is 1. The summed E-state index contributed by atoms with van der Waals surface area (Å²) in [5.74, 6) is -0.210. The molecule has 32 heavy (non-hydrogen) atoms. The van der Waals surface area contributed by atoms with Crippen LogP contribution in [0.25, 0.3) is 0 Å². The second-order valence-electron chi connectivity index (χ2n) is 9.61. The number of benzene rings is 1. The van der Waals surface area contributed by atoms with E-state index in [4.69, 9.17) is 9.84 Å². The van der Waals surface area contributed by atoms with E-state index < -0.39 is 12.1 Å². The lowest BCUT2D eigenvalue weighted by Crippen LogP contribution is -2.45. The van der Waals surface area contributed by atoms with Crippen LogP contribution >= 0.6 is 0 Å². The molecule has 0 spiro atoms. The van der Waals surface area contributed by atoms with E-state index in [-0.39, 0.29) is 24.7 Å². The highest BCUT2D eigenvalue weighted by Gasteiger charge is 2.28. The highest BCUT2D eigenvalue weighted by Crippen LogP contribution is 2.31. The zero-order valence-corrected chi connectivity index (χ0v) is 19.4. The maximum Gasteiger partial charge on any atom is 0.303 e. The van der Waals surface area contributed by atoms with Gasteiger partial charge in [-0.2, -0.15) is 0 Å². The molecule has 0 amide bonds. The van der Waals surface area contributed by atoms with Crippen molar-refractivity contribution in [3.05, 3.63) is 65.0 Å². The summed E-state index contributed by atoms with van der Waals surface area (Å²) in [5.41, 5.74) is 4.65. The summed E-state index contributed by atoms with van der Waals surface area (Å²) in [5, 5.41) is 22.9. The average Bonchev–Trinajstić information content (AvgIpc) is 3.16. The highest BCUT2D eigenvalue weighted by molar-refractivity contribution is 5.67. The molecule has 1 aromatic heterocycles. The standard InChI is InChI=1S/C26H36N2O4/c1-18(24-10-11-27-15-22(24)8-9-25(30)31)32-17-23(29)16-28-26(2,3)14-19-12-20-6-4-5-7-21(20)13-19/h4-7,10-11,15,18-19,23,28-29H,8-9,12-14,16-17H2,1-3H3,(H,30,31)/t18?,23-/m1/s1. The summed E-state index contributed by atoms with van der Waals surface area (Å²) in [4.78, 5) is 15.0. The third-order valence-corrected chi connectivity index (χ3v) is 6.28. The molecule has 0 radical (unpaired) electrons. The molecule has 6 nitrogen and oxygen atoms in total. The van der Waals surface area contributed by atoms with Crippen molar-refractivity contribution in [2.24, 2.45) is 5.92 Å². The second kappa shape index (κ2) is 11.0. The van der Waals surface area contributed by atoms with Crippen LogP contribution in [0.3, 0.4) is 0 Å². The minimum atomic E-state index is -0.834. The molecule has 2 atom stereocenters. The molecule has 0 bridgehead atoms. The zero-order chi connectivity index (χ0) is 23.1. The predicted octanol–water partition coefficient (Wildman–Crippen LogP) is 3.71. The number of aryl methyl sites for hydroxylation is 1. The number of aliphatic hydroxyl groups is 1. The predicted molar refractivity (Wildman–Crippen MR) is 125 cm³/mol. The van der Waals surface area contributed by atoms with Gasteiger partial charge in [0.15, 0.2) is 0 Å². The Bertz CT molecular complexity index is 874. The molecule has 0 fully saturated rings. The topological polar surface area (TPSA) is 91.7 Å². The van der Waals surface area contributed by atoms with E-state index in [9.17, 15) is 9.90 Å². The summed E-state index contributed by atoms with van der Waals surface area (Å²) < 4.78 is 5.91. The van der Waals surface area contributed by atoms with Crippen LogP contribution in [-0.4, -0.2) is 46.0 Å². The Kier molecular flexibility index (Phi) is 8.40. The molecule has 2 aromatic rings. The quantitative estimate of drug-likeness (QED) is 0.466. The van der Waals surface area contributed by atoms with Crippen molar-refractivity contribution in [3.8, 4) is 0 Å². The molecule has 0 saturated heterocycles. The molecule has 0 saturated carbocycles. The Hall–Kier alpha value is -2.28. The van der Waals surface area contributed by atoms with Gasteiger partial charge in [-0.3, -0.25) is 9.78 Å². The fourth-order valence-corrected chi connectivity index (χ4v) is 4.67. The number of aromatic nitrogens is 1. The number of β-amino-alcohol motifs (C(OH)–C–C–N with tert-alkyl or cyclic N) is 1. The molecule has 1 aliphatic carbocycles. The number of ether oxygens (including phenoxy) is 1. The first-order valence-electron chi connectivity index (χ1n) is 11.5. The van der Waals surface area contributed by atoms with Gasteiger partial charge in [0, 0.05) is 30.9 Å². The molecule has 3 N–H and O–H groups in total. The third kappa shape index (κ3) is 7.12. The van der Waals surface area contributed by atoms with E-state index in [2.05, 4.69) is 48.4 Å². The van der Waals surface area contributed by atoms with Crippen molar-refractivity contribution < 1.29 is 19.7 Å². The van der Waals surface area contributed by atoms with Gasteiger partial charge in [-0.05, 0) is 80.7 Å². The van der Waals surface area contributed by atoms with Gasteiger partial charge in [0.25, 0.3) is 0 Å². The zero-order valence-electron chi connectivity index (χ0n) is 19.4. The summed E-state index contributed by atoms with van der Waals surface area (Å²) in [6.45, 7) is 6.97. The number of pyridine rings is 1. The maximum absolute atomic E-state index is 10.9. The first-order valence-corrected chi connectivity index (χ1v) is 11.5. The van der Waals surface area contributed by atoms with Gasteiger partial charge in [-0.1, -0.05) is 24.3 Å². The molecule has 1 aliphatic rings. The first-order chi connectivity index (χ1) is 15.2. The van der Waals surface area contributed by atoms with Crippen LogP contribution in [0.15, 0.2) is 42.7 Å². The van der Waals surface area contributed by atoms with Gasteiger partial charge in [0.2, 0.25) is 0 Å². The van der Waals surface area contributed by atoms with E-state index >= 15 is 0 Å². The Labute approximate surface area is 191 Å². The lowest BCUT2D eigenvalue weighted by molar-refractivity contribution is -0.136. The molecular formula is C26H36N2O4. The van der Waals surface area contributed by atoms with E-state index in [0.29, 0.717) is 18.9 Å². The molecule has 1 unspecified atom stereocenters. The van der Waals surface area contributed by atoms with E-state index in [1.165, 1.54) is 11.1 Å². The number of carboxylic acid groups (broad SMARTS) is 1. The minimum absolute atomic E-state index is 0.0547. The van der Waals surface area contributed by atoms with Crippen molar-refractivity contribution in [2.45, 2.75) is 70.6 Å². The SMILES string of the molecule is CC(OC[C@H](O)CNC(C)(C)CC1Cc2ccccc2C1)c1ccncc1CCC(=O)O. The molecular weight excluding hydrogens is 404 g/mol. The number of fused-ring (bicyclic) bond motifs is 1. The minimum Gasteiger partial charge on any atom is -0.481 e. The van der Waals surface area contributed by atoms with Gasteiger partial charge in [-0.25, -0.2) is 0 Å². The lowest BCUT2D eigenvalue weighted by atomic mass is 9.88. The normalized spacial score (nSPS) is 16.0. The number of carboxylic acids is 1. The molecule has 3 rings (SSSR count). The Balaban J connectivity index is 1.43. The molecule has 1 heterocycles. The van der Waals surface area contributed by atoms with Gasteiger partial charge in [-0.15, -0.1) is 0 Å². The molecule has 0 aliphatic heterocycles. The van der Waals surface area contributed by atoms with Crippen LogP contribution in [0.4, 0.5) is 0 Å². The van der Waals surface area contributed by atoms with Crippen LogP contribution in [0.5, 0.6) is 0 Å². The van der Waals surface area contributed by atoms with E-state index in [1.807, 2.05) is 13.0 Å². The van der Waals surface area contributed by atoms with Crippen molar-refractivity contribution in [2.75, 3.05) is 13.2 Å². The Morgan fingerprint density at radius 3 is 2.59 bits per heavy atom. The fourth-order valence-electron chi connectivity index (χ4n) is 4.67. The summed E-state index contributed by atoms with van der Waals surface area (Å²) in [6.07, 6.45) is 6.27. The van der Waals surface area contributed by atoms with Gasteiger partial charge >= 0.3 is 5.97 Å². The number of hydrogen-bond donors (Lipinski definition) is 3. The number of nitrogens with zero attached hydrogens (tertiary/aromatic N) is 1. The van der Waals surface area contributed by atoms with Crippen molar-refractivity contribution in [3.63, 3.8) is 0 Å². The molecule has 174 valence electrons. The monoisotopic (exact) mass is 440 g/mol. The van der Waals surface area contributed by atoms with E-state index in [1.54, 1.807) is 12.4 Å². The maximum atomic E-state index is 10.9. The van der Waals surface area contributed by atoms with Crippen molar-refractivity contribution in [1.29, 1.82) is 0 Å². The van der Waals surface area contributed by atoms with Crippen LogP contribution < -0.4 is 5.32 Å². The Morgan fingerprint density at radius 1 is 1.25 bits per heavy atom. The number of aliphatic hydroxyl groups excluding tert-OH is 1. The fraction of sp³-hybridized carbons (Fsp3) is 0.538. The van der Waals surface area contributed by atoms with Crippen LogP contribution in [-0.2, 0) is 28.8 Å². The Morgan fingerprint density at radius 2 is 1.94 bits per heavy atom. The number of carbonyl (C=O) groups is 1. The number of rotatable bonds is 12. The summed E-state index contributed by atoms with van der Waals surface area (Å²) in [6, 6.07) is 10.5. The van der Waals surface area contributed by atoms with Crippen molar-refractivity contribution >= 4 is 5.97 Å². The average molecular weight is 441 g/mol. The van der Waals surface area contributed by atoms with E-state index in [0.717, 1.165) is 30.4 Å². The number of hydrogen-bond acceptors (Lipinski definition) is 5. The van der Waals surface area contributed by atoms with Crippen LogP contribution in [0, 0.1) is 5.92 Å². The smallest absolute Gasteiger partial charge is 0.303 e. The van der Waals surface area contributed by atoms with Crippen LogP contribution in [0.1, 0.15) is 62.0 Å². The van der Waals surface area contributed by atoms with Crippen LogP contribution in [0.2, 0.25) is 0 Å². The first kappa shape index (κ1) is 24.4. The summed E-state index contributed by atoms with van der Waals surface area (Å²) in [7, 11) is 0. The summed E-state index contributed by atoms with van der Waals surface area (Å²) >= 11 is 0. The van der Waals surface area contributed by atoms with Gasteiger partial charge in [0.1, 0.15) is 0 Å². The molecule has 1 aromatic carbocycles. The largest absolute Gasteiger partial charge is 0.481 e. The second-order valence-corrected chi connectivity index (χ2v) is 9.61. The van der Waals surface area contributed by atoms with Crippen molar-refractivity contribution in [1.82, 2.24) is 10.3 Å². The van der Waals surface area contributed by atoms with Gasteiger partial charge in [0.05, 0.1) is 18.8 Å².